The molecular weight excluding hydrogens is 240 g/mol. The van der Waals surface area contributed by atoms with Crippen LogP contribution in [-0.2, 0) is 6.54 Å². The number of aliphatic hydroxyl groups is 1. The van der Waals surface area contributed by atoms with Gasteiger partial charge >= 0.3 is 5.97 Å². The Labute approximate surface area is 104 Å². The van der Waals surface area contributed by atoms with Crippen LogP contribution in [0.4, 0.5) is 5.69 Å². The minimum atomic E-state index is -1.17. The standard InChI is InChI=1S/C11H16N2O5/c14-6-4-2-1-3-5-12-8-9(13(17)18)7-10(12)11(15)16/h7-8,14H,1-6H2,(H,15,16). The number of aryl methyl sites for hydroxylation is 1. The van der Waals surface area contributed by atoms with Gasteiger partial charge in [-0.1, -0.05) is 12.8 Å². The van der Waals surface area contributed by atoms with Crippen LogP contribution in [0, 0.1) is 10.1 Å². The van der Waals surface area contributed by atoms with Crippen LogP contribution in [0.3, 0.4) is 0 Å². The van der Waals surface area contributed by atoms with Crippen LogP contribution in [0.1, 0.15) is 36.2 Å². The first kappa shape index (κ1) is 14.2. The van der Waals surface area contributed by atoms with Crippen LogP contribution < -0.4 is 0 Å². The molecule has 0 aliphatic rings. The maximum Gasteiger partial charge on any atom is 0.352 e. The Bertz CT molecular complexity index is 427. The highest BCUT2D eigenvalue weighted by Crippen LogP contribution is 2.17. The molecular formula is C11H16N2O5. The average Bonchev–Trinajstić information content (AvgIpc) is 2.73. The van der Waals surface area contributed by atoms with Gasteiger partial charge in [-0.2, -0.15) is 0 Å². The van der Waals surface area contributed by atoms with Crippen molar-refractivity contribution in [1.82, 2.24) is 4.57 Å². The minimum Gasteiger partial charge on any atom is -0.477 e. The zero-order chi connectivity index (χ0) is 13.5. The second-order valence-corrected chi connectivity index (χ2v) is 3.98. The number of rotatable bonds is 8. The Morgan fingerprint density at radius 1 is 1.33 bits per heavy atom. The predicted octanol–water partition coefficient (Wildman–Crippen LogP) is 1.65. The Balaban J connectivity index is 2.63. The average molecular weight is 256 g/mol. The lowest BCUT2D eigenvalue weighted by Gasteiger charge is -2.04. The fourth-order valence-electron chi connectivity index (χ4n) is 1.71. The van der Waals surface area contributed by atoms with Crippen molar-refractivity contribution in [2.75, 3.05) is 6.61 Å². The summed E-state index contributed by atoms with van der Waals surface area (Å²) < 4.78 is 1.39. The Kier molecular flexibility index (Phi) is 5.31. The van der Waals surface area contributed by atoms with Gasteiger partial charge in [0.25, 0.3) is 5.69 Å². The second-order valence-electron chi connectivity index (χ2n) is 3.98. The molecule has 0 aliphatic heterocycles. The maximum atomic E-state index is 10.9. The van der Waals surface area contributed by atoms with Crippen molar-refractivity contribution < 1.29 is 19.9 Å². The molecule has 0 aromatic carbocycles. The summed E-state index contributed by atoms with van der Waals surface area (Å²) in [6, 6.07) is 1.07. The summed E-state index contributed by atoms with van der Waals surface area (Å²) in [5.74, 6) is -1.17. The molecule has 1 heterocycles. The predicted molar refractivity (Wildman–Crippen MR) is 63.6 cm³/mol. The highest BCUT2D eigenvalue weighted by Gasteiger charge is 2.18. The summed E-state index contributed by atoms with van der Waals surface area (Å²) in [6.07, 6.45) is 4.41. The number of hydrogen-bond donors (Lipinski definition) is 2. The highest BCUT2D eigenvalue weighted by atomic mass is 16.6. The molecule has 7 nitrogen and oxygen atoms in total. The van der Waals surface area contributed by atoms with Gasteiger partial charge in [0.1, 0.15) is 5.69 Å². The molecule has 0 saturated heterocycles. The van der Waals surface area contributed by atoms with Gasteiger partial charge in [-0.15, -0.1) is 0 Å². The number of carboxylic acid groups (broad SMARTS) is 1. The molecule has 1 rings (SSSR count). The van der Waals surface area contributed by atoms with Crippen molar-refractivity contribution >= 4 is 11.7 Å². The summed E-state index contributed by atoms with van der Waals surface area (Å²) >= 11 is 0. The first-order valence-corrected chi connectivity index (χ1v) is 5.75. The van der Waals surface area contributed by atoms with E-state index in [4.69, 9.17) is 10.2 Å². The molecule has 0 atom stereocenters. The van der Waals surface area contributed by atoms with E-state index in [-0.39, 0.29) is 18.0 Å². The van der Waals surface area contributed by atoms with E-state index in [2.05, 4.69) is 0 Å². The van der Waals surface area contributed by atoms with Crippen molar-refractivity contribution in [3.63, 3.8) is 0 Å². The van der Waals surface area contributed by atoms with E-state index in [1.807, 2.05) is 0 Å². The van der Waals surface area contributed by atoms with Gasteiger partial charge in [-0.25, -0.2) is 4.79 Å². The largest absolute Gasteiger partial charge is 0.477 e. The van der Waals surface area contributed by atoms with Crippen LogP contribution in [-0.4, -0.2) is 32.3 Å². The molecule has 0 radical (unpaired) electrons. The SMILES string of the molecule is O=C(O)c1cc([N+](=O)[O-])cn1CCCCCCO. The van der Waals surface area contributed by atoms with E-state index in [1.165, 1.54) is 10.8 Å². The number of carboxylic acids is 1. The molecule has 0 bridgehead atoms. The van der Waals surface area contributed by atoms with Crippen LogP contribution in [0.5, 0.6) is 0 Å². The number of nitro groups is 1. The maximum absolute atomic E-state index is 10.9. The number of carbonyl (C=O) groups is 1. The third-order valence-corrected chi connectivity index (χ3v) is 2.62. The van der Waals surface area contributed by atoms with Crippen molar-refractivity contribution in [2.24, 2.45) is 0 Å². The zero-order valence-corrected chi connectivity index (χ0v) is 9.91. The number of aliphatic hydroxyl groups excluding tert-OH is 1. The quantitative estimate of drug-likeness (QED) is 0.418. The molecule has 100 valence electrons. The Hall–Kier alpha value is -1.89. The van der Waals surface area contributed by atoms with Crippen LogP contribution in [0.25, 0.3) is 0 Å². The van der Waals surface area contributed by atoms with Crippen molar-refractivity contribution in [3.8, 4) is 0 Å². The molecule has 1 aromatic rings. The summed E-state index contributed by atoms with van der Waals surface area (Å²) in [5.41, 5.74) is -0.272. The number of nitrogens with zero attached hydrogens (tertiary/aromatic N) is 2. The molecule has 0 unspecified atom stereocenters. The third-order valence-electron chi connectivity index (χ3n) is 2.62. The van der Waals surface area contributed by atoms with E-state index >= 15 is 0 Å². The molecule has 0 amide bonds. The molecule has 0 aliphatic carbocycles. The lowest BCUT2D eigenvalue weighted by Crippen LogP contribution is -2.07. The van der Waals surface area contributed by atoms with Gasteiger partial charge in [0.15, 0.2) is 0 Å². The second kappa shape index (κ2) is 6.75. The first-order valence-electron chi connectivity index (χ1n) is 5.75. The summed E-state index contributed by atoms with van der Waals surface area (Å²) in [7, 11) is 0. The normalized spacial score (nSPS) is 10.5. The molecule has 0 fully saturated rings. The smallest absolute Gasteiger partial charge is 0.352 e. The van der Waals surface area contributed by atoms with Gasteiger partial charge in [-0.05, 0) is 12.8 Å². The lowest BCUT2D eigenvalue weighted by atomic mass is 10.2. The molecule has 1 aromatic heterocycles. The van der Waals surface area contributed by atoms with E-state index in [1.54, 1.807) is 0 Å². The summed E-state index contributed by atoms with van der Waals surface area (Å²) in [5, 5.41) is 28.1. The van der Waals surface area contributed by atoms with Crippen molar-refractivity contribution in [2.45, 2.75) is 32.2 Å². The molecule has 2 N–H and O–H groups in total. The van der Waals surface area contributed by atoms with Crippen LogP contribution in [0.2, 0.25) is 0 Å². The van der Waals surface area contributed by atoms with E-state index < -0.39 is 10.9 Å². The van der Waals surface area contributed by atoms with Gasteiger partial charge in [0.05, 0.1) is 11.1 Å². The summed E-state index contributed by atoms with van der Waals surface area (Å²) in [4.78, 5) is 20.9. The van der Waals surface area contributed by atoms with Crippen LogP contribution in [0.15, 0.2) is 12.3 Å². The van der Waals surface area contributed by atoms with Gasteiger partial charge in [-0.3, -0.25) is 10.1 Å². The van der Waals surface area contributed by atoms with Crippen molar-refractivity contribution in [3.05, 3.63) is 28.1 Å². The van der Waals surface area contributed by atoms with Gasteiger partial charge in [0.2, 0.25) is 0 Å². The fourth-order valence-corrected chi connectivity index (χ4v) is 1.71. The first-order chi connectivity index (χ1) is 8.56. The lowest BCUT2D eigenvalue weighted by molar-refractivity contribution is -0.384. The Morgan fingerprint density at radius 3 is 2.56 bits per heavy atom. The summed E-state index contributed by atoms with van der Waals surface area (Å²) in [6.45, 7) is 0.580. The number of aromatic nitrogens is 1. The number of aromatic carboxylic acids is 1. The number of unbranched alkanes of at least 4 members (excludes halogenated alkanes) is 3. The minimum absolute atomic E-state index is 0.0659. The van der Waals surface area contributed by atoms with E-state index in [0.717, 1.165) is 31.7 Å². The zero-order valence-electron chi connectivity index (χ0n) is 9.91. The topological polar surface area (TPSA) is 106 Å². The monoisotopic (exact) mass is 256 g/mol. The molecule has 0 saturated carbocycles. The van der Waals surface area contributed by atoms with Gasteiger partial charge < -0.3 is 14.8 Å². The third kappa shape index (κ3) is 3.85. The van der Waals surface area contributed by atoms with E-state index in [0.29, 0.717) is 6.54 Å². The van der Waals surface area contributed by atoms with Gasteiger partial charge in [0, 0.05) is 19.2 Å². The fraction of sp³-hybridized carbons (Fsp3) is 0.545. The molecule has 7 heteroatoms. The van der Waals surface area contributed by atoms with Crippen LogP contribution >= 0.6 is 0 Å². The number of hydrogen-bond acceptors (Lipinski definition) is 4. The highest BCUT2D eigenvalue weighted by molar-refractivity contribution is 5.86. The van der Waals surface area contributed by atoms with E-state index in [9.17, 15) is 14.9 Å². The van der Waals surface area contributed by atoms with Crippen molar-refractivity contribution in [1.29, 1.82) is 0 Å². The molecule has 18 heavy (non-hydrogen) atoms. The molecule has 0 spiro atoms. The Morgan fingerprint density at radius 2 is 2.00 bits per heavy atom.